The molecular weight excluding hydrogens is 324 g/mol. The molecule has 7 heteroatoms. The number of amides is 1. The molecule has 0 bridgehead atoms. The molecule has 0 fully saturated rings. The highest BCUT2D eigenvalue weighted by molar-refractivity contribution is 7.12. The largest absolute Gasteiger partial charge is 0.449 e. The van der Waals surface area contributed by atoms with E-state index in [-0.39, 0.29) is 5.69 Å². The standard InChI is InChI=1S/C16H15F2NO3S/c1-8-6-12(10(3)23-8)16(21)22-9(2)15(20)19-11-4-5-13(17)14(18)7-11/h4-7,9H,1-3H3,(H,19,20)/t9-/m1/s1. The Balaban J connectivity index is 2.00. The molecule has 122 valence electrons. The highest BCUT2D eigenvalue weighted by Crippen LogP contribution is 2.22. The van der Waals surface area contributed by atoms with Gasteiger partial charge in [0.1, 0.15) is 0 Å². The van der Waals surface area contributed by atoms with Crippen LogP contribution >= 0.6 is 11.3 Å². The zero-order chi connectivity index (χ0) is 17.1. The second-order valence-electron chi connectivity index (χ2n) is 4.99. The Bertz CT molecular complexity index is 758. The van der Waals surface area contributed by atoms with Gasteiger partial charge in [-0.2, -0.15) is 0 Å². The Kier molecular flexibility index (Phi) is 5.10. The molecule has 0 radical (unpaired) electrons. The Hall–Kier alpha value is -2.28. The molecule has 0 saturated heterocycles. The van der Waals surface area contributed by atoms with E-state index in [4.69, 9.17) is 4.74 Å². The number of halogens is 2. The number of nitrogens with one attached hydrogen (secondary N) is 1. The Morgan fingerprint density at radius 3 is 2.43 bits per heavy atom. The lowest BCUT2D eigenvalue weighted by atomic mass is 10.2. The first-order valence-electron chi connectivity index (χ1n) is 6.82. The summed E-state index contributed by atoms with van der Waals surface area (Å²) in [4.78, 5) is 25.8. The maximum atomic E-state index is 13.1. The Morgan fingerprint density at radius 2 is 1.87 bits per heavy atom. The van der Waals surface area contributed by atoms with E-state index in [0.29, 0.717) is 5.56 Å². The average Bonchev–Trinajstić information content (AvgIpc) is 2.81. The van der Waals surface area contributed by atoms with Crippen LogP contribution in [0.25, 0.3) is 0 Å². The number of esters is 1. The number of carbonyl (C=O) groups is 2. The van der Waals surface area contributed by atoms with Crippen LogP contribution in [0.15, 0.2) is 24.3 Å². The highest BCUT2D eigenvalue weighted by atomic mass is 32.1. The maximum absolute atomic E-state index is 13.1. The van der Waals surface area contributed by atoms with Crippen LogP contribution in [0.3, 0.4) is 0 Å². The van der Waals surface area contributed by atoms with E-state index in [9.17, 15) is 18.4 Å². The normalized spacial score (nSPS) is 11.9. The van der Waals surface area contributed by atoms with E-state index in [2.05, 4.69) is 5.32 Å². The van der Waals surface area contributed by atoms with Gasteiger partial charge < -0.3 is 10.1 Å². The van der Waals surface area contributed by atoms with Gasteiger partial charge in [-0.25, -0.2) is 13.6 Å². The van der Waals surface area contributed by atoms with Gasteiger partial charge in [0.15, 0.2) is 17.7 Å². The van der Waals surface area contributed by atoms with Crippen LogP contribution in [0, 0.1) is 25.5 Å². The second kappa shape index (κ2) is 6.87. The summed E-state index contributed by atoms with van der Waals surface area (Å²) in [5.74, 6) is -3.31. The van der Waals surface area contributed by atoms with Crippen LogP contribution < -0.4 is 5.32 Å². The van der Waals surface area contributed by atoms with Crippen LogP contribution in [-0.4, -0.2) is 18.0 Å². The van der Waals surface area contributed by atoms with Crippen molar-refractivity contribution in [3.63, 3.8) is 0 Å². The molecule has 4 nitrogen and oxygen atoms in total. The van der Waals surface area contributed by atoms with Gasteiger partial charge in [0.2, 0.25) is 0 Å². The predicted octanol–water partition coefficient (Wildman–Crippen LogP) is 3.83. The number of aryl methyl sites for hydroxylation is 2. The summed E-state index contributed by atoms with van der Waals surface area (Å²) >= 11 is 1.46. The first kappa shape index (κ1) is 17.1. The van der Waals surface area contributed by atoms with Crippen molar-refractivity contribution < 1.29 is 23.1 Å². The van der Waals surface area contributed by atoms with Gasteiger partial charge in [-0.15, -0.1) is 11.3 Å². The van der Waals surface area contributed by atoms with Gasteiger partial charge >= 0.3 is 5.97 Å². The molecule has 1 aromatic heterocycles. The van der Waals surface area contributed by atoms with E-state index in [1.54, 1.807) is 13.0 Å². The highest BCUT2D eigenvalue weighted by Gasteiger charge is 2.21. The van der Waals surface area contributed by atoms with E-state index in [1.165, 1.54) is 24.3 Å². The molecule has 0 unspecified atom stereocenters. The first-order chi connectivity index (χ1) is 10.8. The van der Waals surface area contributed by atoms with E-state index in [1.807, 2.05) is 6.92 Å². The van der Waals surface area contributed by atoms with Crippen LogP contribution in [0.4, 0.5) is 14.5 Å². The zero-order valence-electron chi connectivity index (χ0n) is 12.8. The molecule has 0 saturated carbocycles. The summed E-state index contributed by atoms with van der Waals surface area (Å²) in [7, 11) is 0. The fourth-order valence-electron chi connectivity index (χ4n) is 1.93. The monoisotopic (exact) mass is 339 g/mol. The third kappa shape index (κ3) is 4.13. The quantitative estimate of drug-likeness (QED) is 0.862. The number of thiophene rings is 1. The molecule has 23 heavy (non-hydrogen) atoms. The summed E-state index contributed by atoms with van der Waals surface area (Å²) in [6.45, 7) is 5.07. The maximum Gasteiger partial charge on any atom is 0.340 e. The van der Waals surface area contributed by atoms with Crippen molar-refractivity contribution in [2.75, 3.05) is 5.32 Å². The van der Waals surface area contributed by atoms with Gasteiger partial charge in [0.05, 0.1) is 5.56 Å². The van der Waals surface area contributed by atoms with E-state index in [0.717, 1.165) is 21.9 Å². The molecule has 0 aliphatic rings. The molecule has 0 aliphatic carbocycles. The zero-order valence-corrected chi connectivity index (χ0v) is 13.6. The van der Waals surface area contributed by atoms with Gasteiger partial charge in [-0.3, -0.25) is 4.79 Å². The predicted molar refractivity (Wildman–Crippen MR) is 83.7 cm³/mol. The van der Waals surface area contributed by atoms with Crippen molar-refractivity contribution in [1.29, 1.82) is 0 Å². The molecule has 1 aromatic carbocycles. The minimum Gasteiger partial charge on any atom is -0.449 e. The average molecular weight is 339 g/mol. The molecule has 2 rings (SSSR count). The lowest BCUT2D eigenvalue weighted by Crippen LogP contribution is -2.30. The van der Waals surface area contributed by atoms with Crippen molar-refractivity contribution in [2.45, 2.75) is 26.9 Å². The van der Waals surface area contributed by atoms with Gasteiger partial charge in [-0.1, -0.05) is 0 Å². The minimum atomic E-state index is -1.07. The number of rotatable bonds is 4. The molecule has 0 aliphatic heterocycles. The van der Waals surface area contributed by atoms with Crippen molar-refractivity contribution in [3.05, 3.63) is 51.2 Å². The number of benzene rings is 1. The molecule has 1 amide bonds. The smallest absolute Gasteiger partial charge is 0.340 e. The third-order valence-corrected chi connectivity index (χ3v) is 4.07. The van der Waals surface area contributed by atoms with E-state index < -0.39 is 29.6 Å². The molecule has 2 aromatic rings. The number of anilines is 1. The first-order valence-corrected chi connectivity index (χ1v) is 7.63. The van der Waals surface area contributed by atoms with Crippen molar-refractivity contribution >= 4 is 28.9 Å². The summed E-state index contributed by atoms with van der Waals surface area (Å²) in [6, 6.07) is 4.67. The van der Waals surface area contributed by atoms with Crippen LogP contribution in [0.2, 0.25) is 0 Å². The summed E-state index contributed by atoms with van der Waals surface area (Å²) in [6.07, 6.45) is -1.07. The van der Waals surface area contributed by atoms with Gasteiger partial charge in [-0.05, 0) is 39.0 Å². The molecule has 0 spiro atoms. The Morgan fingerprint density at radius 1 is 1.17 bits per heavy atom. The number of hydrogen-bond donors (Lipinski definition) is 1. The van der Waals surface area contributed by atoms with Crippen molar-refractivity contribution in [2.24, 2.45) is 0 Å². The van der Waals surface area contributed by atoms with Crippen LogP contribution in [-0.2, 0) is 9.53 Å². The number of ether oxygens (including phenoxy) is 1. The van der Waals surface area contributed by atoms with Crippen LogP contribution in [0.1, 0.15) is 27.0 Å². The fourth-order valence-corrected chi connectivity index (χ4v) is 2.84. The fraction of sp³-hybridized carbons (Fsp3) is 0.250. The molecule has 1 heterocycles. The van der Waals surface area contributed by atoms with Crippen molar-refractivity contribution in [3.8, 4) is 0 Å². The van der Waals surface area contributed by atoms with Gasteiger partial charge in [0, 0.05) is 21.5 Å². The number of hydrogen-bond acceptors (Lipinski definition) is 4. The molecule has 1 atom stereocenters. The minimum absolute atomic E-state index is 0.0827. The molecular formula is C16H15F2NO3S. The molecule has 1 N–H and O–H groups in total. The topological polar surface area (TPSA) is 55.4 Å². The van der Waals surface area contributed by atoms with Crippen molar-refractivity contribution in [1.82, 2.24) is 0 Å². The summed E-state index contributed by atoms with van der Waals surface area (Å²) in [5.41, 5.74) is 0.499. The summed E-state index contributed by atoms with van der Waals surface area (Å²) < 4.78 is 31.0. The summed E-state index contributed by atoms with van der Waals surface area (Å²) in [5, 5.41) is 2.37. The SMILES string of the molecule is Cc1cc(C(=O)O[C@H](C)C(=O)Nc2ccc(F)c(F)c2)c(C)s1. The van der Waals surface area contributed by atoms with E-state index >= 15 is 0 Å². The Labute approximate surface area is 136 Å². The lowest BCUT2D eigenvalue weighted by molar-refractivity contribution is -0.123. The van der Waals surface area contributed by atoms with Crippen LogP contribution in [0.5, 0.6) is 0 Å². The second-order valence-corrected chi connectivity index (χ2v) is 6.45. The lowest BCUT2D eigenvalue weighted by Gasteiger charge is -2.13. The van der Waals surface area contributed by atoms with Gasteiger partial charge in [0.25, 0.3) is 5.91 Å². The third-order valence-electron chi connectivity index (χ3n) is 3.10. The number of carbonyl (C=O) groups excluding carboxylic acids is 2.